The molecule has 85 valence electrons. The van der Waals surface area contributed by atoms with Crippen molar-refractivity contribution in [3.8, 4) is 0 Å². The maximum atomic E-state index is 10.7. The van der Waals surface area contributed by atoms with Gasteiger partial charge in [-0.2, -0.15) is 0 Å². The Morgan fingerprint density at radius 3 is 2.12 bits per heavy atom. The number of carboxylic acids is 2. The number of carbonyl (C=O) groups is 3. The second kappa shape index (κ2) is 6.24. The summed E-state index contributed by atoms with van der Waals surface area (Å²) < 4.78 is 0. The van der Waals surface area contributed by atoms with E-state index >= 15 is 0 Å². The Morgan fingerprint density at radius 1 is 1.12 bits per heavy atom. The molecule has 0 aliphatic rings. The van der Waals surface area contributed by atoms with E-state index in [2.05, 4.69) is 0 Å². The summed E-state index contributed by atoms with van der Waals surface area (Å²) in [7, 11) is 0. The van der Waals surface area contributed by atoms with Gasteiger partial charge in [-0.25, -0.2) is 14.4 Å². The number of urea groups is 1. The number of nitrogens with one attached hydrogen (secondary N) is 1. The van der Waals surface area contributed by atoms with Crippen molar-refractivity contribution >= 4 is 53.2 Å². The summed E-state index contributed by atoms with van der Waals surface area (Å²) >= 11 is 0. The van der Waals surface area contributed by atoms with Gasteiger partial charge in [-0.1, -0.05) is 0 Å². The van der Waals surface area contributed by atoms with Gasteiger partial charge in [0.15, 0.2) is 0 Å². The van der Waals surface area contributed by atoms with Gasteiger partial charge in [-0.05, 0) is 18.2 Å². The number of aromatic carboxylic acids is 2. The van der Waals surface area contributed by atoms with Gasteiger partial charge in [0.05, 0.1) is 16.8 Å². The number of carbonyl (C=O) groups excluding carboxylic acids is 1. The van der Waals surface area contributed by atoms with Crippen molar-refractivity contribution in [2.24, 2.45) is 5.73 Å². The summed E-state index contributed by atoms with van der Waals surface area (Å²) in [5.41, 5.74) is 4.30. The van der Waals surface area contributed by atoms with Gasteiger partial charge >= 0.3 is 18.0 Å². The smallest absolute Gasteiger partial charge is 0.337 e. The minimum atomic E-state index is -1.29. The maximum Gasteiger partial charge on any atom is 0.337 e. The first-order valence-corrected chi connectivity index (χ1v) is 4.09. The number of hydrogen-bond donors (Lipinski definition) is 4. The van der Waals surface area contributed by atoms with Crippen LogP contribution in [-0.4, -0.2) is 57.7 Å². The summed E-state index contributed by atoms with van der Waals surface area (Å²) in [5.74, 6) is -2.52. The molecule has 0 spiro atoms. The van der Waals surface area contributed by atoms with Crippen LogP contribution >= 0.6 is 0 Å². The standard InChI is InChI=1S/C9H8N2O5.Na/c10-9(16)11-6-3-4(7(12)13)1-2-5(6)8(14)15;/h1-3H,(H,12,13)(H,14,15)(H3,10,11,16);. The molecule has 0 aromatic heterocycles. The van der Waals surface area contributed by atoms with Crippen molar-refractivity contribution in [2.45, 2.75) is 0 Å². The fraction of sp³-hybridized carbons (Fsp3) is 0. The van der Waals surface area contributed by atoms with Crippen LogP contribution in [0.25, 0.3) is 0 Å². The summed E-state index contributed by atoms with van der Waals surface area (Å²) in [6, 6.07) is 2.26. The molecular weight excluding hydrogens is 239 g/mol. The largest absolute Gasteiger partial charge is 0.478 e. The van der Waals surface area contributed by atoms with Crippen molar-refractivity contribution < 1.29 is 24.6 Å². The molecule has 0 heterocycles. The molecule has 1 radical (unpaired) electrons. The third-order valence-corrected chi connectivity index (χ3v) is 1.75. The Kier molecular flexibility index (Phi) is 5.66. The van der Waals surface area contributed by atoms with E-state index in [0.29, 0.717) is 0 Å². The number of benzene rings is 1. The predicted molar refractivity (Wildman–Crippen MR) is 59.3 cm³/mol. The van der Waals surface area contributed by atoms with E-state index < -0.39 is 18.0 Å². The number of carboxylic acid groups (broad SMARTS) is 2. The van der Waals surface area contributed by atoms with E-state index in [4.69, 9.17) is 15.9 Å². The first kappa shape index (κ1) is 15.4. The minimum absolute atomic E-state index is 0. The number of anilines is 1. The Labute approximate surface area is 118 Å². The summed E-state index contributed by atoms with van der Waals surface area (Å²) in [4.78, 5) is 32.0. The fourth-order valence-corrected chi connectivity index (χ4v) is 1.10. The molecule has 7 nitrogen and oxygen atoms in total. The summed E-state index contributed by atoms with van der Waals surface area (Å²) in [6.45, 7) is 0. The minimum Gasteiger partial charge on any atom is -0.478 e. The van der Waals surface area contributed by atoms with Crippen LogP contribution in [0.3, 0.4) is 0 Å². The van der Waals surface area contributed by atoms with Crippen molar-refractivity contribution in [1.82, 2.24) is 0 Å². The molecule has 1 aromatic rings. The van der Waals surface area contributed by atoms with E-state index in [9.17, 15) is 14.4 Å². The topological polar surface area (TPSA) is 130 Å². The maximum absolute atomic E-state index is 10.7. The molecule has 0 bridgehead atoms. The van der Waals surface area contributed by atoms with Crippen LogP contribution < -0.4 is 11.1 Å². The van der Waals surface area contributed by atoms with Crippen LogP contribution in [0, 0.1) is 0 Å². The van der Waals surface area contributed by atoms with E-state index in [0.717, 1.165) is 18.2 Å². The Bertz CT molecular complexity index is 474. The molecule has 8 heteroatoms. The third kappa shape index (κ3) is 4.06. The van der Waals surface area contributed by atoms with Gasteiger partial charge in [0.25, 0.3) is 0 Å². The van der Waals surface area contributed by atoms with E-state index in [1.54, 1.807) is 0 Å². The van der Waals surface area contributed by atoms with Gasteiger partial charge in [0, 0.05) is 29.6 Å². The second-order valence-electron chi connectivity index (χ2n) is 2.86. The molecule has 1 aromatic carbocycles. The number of hydrogen-bond acceptors (Lipinski definition) is 3. The van der Waals surface area contributed by atoms with Crippen molar-refractivity contribution in [3.63, 3.8) is 0 Å². The molecule has 0 fully saturated rings. The van der Waals surface area contributed by atoms with Gasteiger partial charge in [-0.3, -0.25) is 0 Å². The van der Waals surface area contributed by atoms with E-state index in [1.807, 2.05) is 5.32 Å². The zero-order valence-electron chi connectivity index (χ0n) is 8.93. The first-order chi connectivity index (χ1) is 7.41. The van der Waals surface area contributed by atoms with Gasteiger partial charge < -0.3 is 21.3 Å². The van der Waals surface area contributed by atoms with Crippen LogP contribution in [-0.2, 0) is 0 Å². The zero-order valence-corrected chi connectivity index (χ0v) is 10.9. The molecule has 0 saturated carbocycles. The molecule has 0 aliphatic carbocycles. The average molecular weight is 247 g/mol. The van der Waals surface area contributed by atoms with Crippen molar-refractivity contribution in [2.75, 3.05) is 5.32 Å². The molecule has 0 unspecified atom stereocenters. The average Bonchev–Trinajstić information content (AvgIpc) is 2.15. The SMILES string of the molecule is NC(=O)Nc1cc(C(=O)O)ccc1C(=O)O.[Na]. The molecule has 17 heavy (non-hydrogen) atoms. The van der Waals surface area contributed by atoms with Crippen LogP contribution in [0.2, 0.25) is 0 Å². The number of nitrogens with two attached hydrogens (primary N) is 1. The Hall–Kier alpha value is -1.57. The molecule has 0 saturated heterocycles. The summed E-state index contributed by atoms with van der Waals surface area (Å²) in [5, 5.41) is 19.5. The Morgan fingerprint density at radius 2 is 1.71 bits per heavy atom. The number of amides is 2. The number of rotatable bonds is 3. The fourth-order valence-electron chi connectivity index (χ4n) is 1.10. The molecule has 0 aliphatic heterocycles. The van der Waals surface area contributed by atoms with Crippen LogP contribution in [0.4, 0.5) is 10.5 Å². The molecule has 0 atom stereocenters. The van der Waals surface area contributed by atoms with Crippen molar-refractivity contribution in [3.05, 3.63) is 29.3 Å². The second-order valence-corrected chi connectivity index (χ2v) is 2.86. The van der Waals surface area contributed by atoms with Gasteiger partial charge in [0.1, 0.15) is 0 Å². The number of primary amides is 1. The monoisotopic (exact) mass is 247 g/mol. The first-order valence-electron chi connectivity index (χ1n) is 4.09. The van der Waals surface area contributed by atoms with Gasteiger partial charge in [-0.15, -0.1) is 0 Å². The molecular formula is C9H8N2NaO5. The predicted octanol–water partition coefficient (Wildman–Crippen LogP) is 0.193. The molecule has 2 amide bonds. The Balaban J connectivity index is 0.00000256. The van der Waals surface area contributed by atoms with E-state index in [1.165, 1.54) is 0 Å². The quantitative estimate of drug-likeness (QED) is 0.566. The molecule has 1 rings (SSSR count). The third-order valence-electron chi connectivity index (χ3n) is 1.75. The van der Waals surface area contributed by atoms with Gasteiger partial charge in [0.2, 0.25) is 0 Å². The normalized spacial score (nSPS) is 8.94. The van der Waals surface area contributed by atoms with Crippen LogP contribution in [0.5, 0.6) is 0 Å². The zero-order chi connectivity index (χ0) is 12.3. The van der Waals surface area contributed by atoms with Crippen LogP contribution in [0.15, 0.2) is 18.2 Å². The van der Waals surface area contributed by atoms with Crippen LogP contribution in [0.1, 0.15) is 20.7 Å². The van der Waals surface area contributed by atoms with Crippen molar-refractivity contribution in [1.29, 1.82) is 0 Å². The summed E-state index contributed by atoms with van der Waals surface area (Å²) in [6.07, 6.45) is 0. The van der Waals surface area contributed by atoms with E-state index in [-0.39, 0.29) is 46.4 Å². The molecule has 5 N–H and O–H groups in total.